The van der Waals surface area contributed by atoms with Gasteiger partial charge in [-0.2, -0.15) is 5.10 Å². The second-order valence-electron chi connectivity index (χ2n) is 7.01. The van der Waals surface area contributed by atoms with E-state index in [1.165, 1.54) is 22.9 Å². The van der Waals surface area contributed by atoms with Crippen molar-refractivity contribution in [2.75, 3.05) is 10.6 Å². The summed E-state index contributed by atoms with van der Waals surface area (Å²) in [6.07, 6.45) is 0.400. The van der Waals surface area contributed by atoms with E-state index in [4.69, 9.17) is 11.6 Å². The third-order valence-electron chi connectivity index (χ3n) is 5.02. The molecule has 0 spiro atoms. The minimum atomic E-state index is -0.865. The Morgan fingerprint density at radius 1 is 1.29 bits per heavy atom. The van der Waals surface area contributed by atoms with Crippen LogP contribution in [0.25, 0.3) is 11.1 Å². The van der Waals surface area contributed by atoms with Crippen LogP contribution in [0.5, 0.6) is 0 Å². The van der Waals surface area contributed by atoms with E-state index in [0.717, 1.165) is 16.8 Å². The number of para-hydroxylation sites is 2. The lowest BCUT2D eigenvalue weighted by Crippen LogP contribution is -2.24. The summed E-state index contributed by atoms with van der Waals surface area (Å²) in [4.78, 5) is 35.8. The Morgan fingerprint density at radius 2 is 2.06 bits per heavy atom. The summed E-state index contributed by atoms with van der Waals surface area (Å²) in [5, 5.41) is 21.6. The zero-order valence-corrected chi connectivity index (χ0v) is 17.2. The summed E-state index contributed by atoms with van der Waals surface area (Å²) in [5.74, 6) is -0.390. The number of halogens is 1. The monoisotopic (exact) mass is 439 g/mol. The molecule has 2 N–H and O–H groups in total. The molecule has 0 saturated heterocycles. The first kappa shape index (κ1) is 20.5. The molecule has 2 aromatic carbocycles. The molecular weight excluding hydrogens is 422 g/mol. The fourth-order valence-corrected chi connectivity index (χ4v) is 3.82. The SMILES string of the molecule is CCc1nn2c(c1-c1cccc(Cl)c1)NC(=O)C2CC(=O)Nc1ccccc1[N+](=O)[O-]. The fraction of sp³-hybridized carbons (Fsp3) is 0.190. The quantitative estimate of drug-likeness (QED) is 0.440. The highest BCUT2D eigenvalue weighted by atomic mass is 35.5. The summed E-state index contributed by atoms with van der Waals surface area (Å²) < 4.78 is 1.51. The molecule has 0 bridgehead atoms. The highest BCUT2D eigenvalue weighted by Gasteiger charge is 2.37. The number of nitro benzene ring substituents is 1. The van der Waals surface area contributed by atoms with Gasteiger partial charge in [0.2, 0.25) is 5.91 Å². The van der Waals surface area contributed by atoms with Crippen molar-refractivity contribution in [1.29, 1.82) is 0 Å². The van der Waals surface area contributed by atoms with E-state index < -0.39 is 16.9 Å². The number of rotatable bonds is 6. The van der Waals surface area contributed by atoms with Gasteiger partial charge in [-0.3, -0.25) is 19.7 Å². The lowest BCUT2D eigenvalue weighted by Gasteiger charge is -2.10. The first-order valence-electron chi connectivity index (χ1n) is 9.60. The van der Waals surface area contributed by atoms with Crippen molar-refractivity contribution in [3.8, 4) is 11.1 Å². The molecule has 0 fully saturated rings. The number of aromatic nitrogens is 2. The molecule has 2 amide bonds. The van der Waals surface area contributed by atoms with Crippen molar-refractivity contribution >= 4 is 40.6 Å². The largest absolute Gasteiger partial charge is 0.320 e. The number of hydrogen-bond donors (Lipinski definition) is 2. The van der Waals surface area contributed by atoms with E-state index in [9.17, 15) is 19.7 Å². The Kier molecular flexibility index (Phi) is 5.43. The van der Waals surface area contributed by atoms with Gasteiger partial charge < -0.3 is 10.6 Å². The van der Waals surface area contributed by atoms with Gasteiger partial charge in [0, 0.05) is 16.7 Å². The molecule has 0 radical (unpaired) electrons. The fourth-order valence-electron chi connectivity index (χ4n) is 3.63. The number of fused-ring (bicyclic) bond motifs is 1. The molecule has 3 aromatic rings. The van der Waals surface area contributed by atoms with Crippen LogP contribution in [0.3, 0.4) is 0 Å². The molecule has 0 saturated carbocycles. The molecule has 1 aromatic heterocycles. The Bertz CT molecular complexity index is 1210. The first-order chi connectivity index (χ1) is 14.9. The minimum absolute atomic E-state index is 0.0745. The van der Waals surface area contributed by atoms with Gasteiger partial charge in [-0.15, -0.1) is 0 Å². The van der Waals surface area contributed by atoms with Crippen LogP contribution in [0.15, 0.2) is 48.5 Å². The number of nitrogens with one attached hydrogen (secondary N) is 2. The smallest absolute Gasteiger partial charge is 0.292 e. The van der Waals surface area contributed by atoms with Gasteiger partial charge in [-0.25, -0.2) is 4.68 Å². The van der Waals surface area contributed by atoms with Crippen molar-refractivity contribution in [3.63, 3.8) is 0 Å². The van der Waals surface area contributed by atoms with Crippen LogP contribution in [-0.4, -0.2) is 26.5 Å². The average molecular weight is 440 g/mol. The molecule has 0 aliphatic carbocycles. The Labute approximate surface area is 182 Å². The molecule has 4 rings (SSSR count). The van der Waals surface area contributed by atoms with Gasteiger partial charge in [0.15, 0.2) is 0 Å². The zero-order chi connectivity index (χ0) is 22.1. The van der Waals surface area contributed by atoms with E-state index in [1.807, 2.05) is 19.1 Å². The molecule has 31 heavy (non-hydrogen) atoms. The third-order valence-corrected chi connectivity index (χ3v) is 5.26. The number of benzene rings is 2. The van der Waals surface area contributed by atoms with Crippen LogP contribution in [0.1, 0.15) is 25.1 Å². The van der Waals surface area contributed by atoms with E-state index in [-0.39, 0.29) is 23.7 Å². The van der Waals surface area contributed by atoms with E-state index in [1.54, 1.807) is 18.2 Å². The van der Waals surface area contributed by atoms with Crippen molar-refractivity contribution in [2.45, 2.75) is 25.8 Å². The lowest BCUT2D eigenvalue weighted by molar-refractivity contribution is -0.383. The van der Waals surface area contributed by atoms with E-state index in [0.29, 0.717) is 17.3 Å². The minimum Gasteiger partial charge on any atom is -0.320 e. The number of nitrogens with zero attached hydrogens (tertiary/aromatic N) is 3. The lowest BCUT2D eigenvalue weighted by atomic mass is 10.0. The highest BCUT2D eigenvalue weighted by molar-refractivity contribution is 6.30. The molecule has 10 heteroatoms. The normalized spacial score (nSPS) is 14.8. The number of carbonyl (C=O) groups excluding carboxylic acids is 2. The van der Waals surface area contributed by atoms with Crippen LogP contribution >= 0.6 is 11.6 Å². The number of anilines is 2. The summed E-state index contributed by atoms with van der Waals surface area (Å²) in [5.41, 5.74) is 2.20. The maximum absolute atomic E-state index is 12.6. The molecule has 1 aliphatic heterocycles. The average Bonchev–Trinajstić information content (AvgIpc) is 3.23. The van der Waals surface area contributed by atoms with Crippen molar-refractivity contribution in [1.82, 2.24) is 9.78 Å². The van der Waals surface area contributed by atoms with Crippen molar-refractivity contribution in [2.24, 2.45) is 0 Å². The molecule has 158 valence electrons. The number of hydrogen-bond acceptors (Lipinski definition) is 5. The number of nitro groups is 1. The van der Waals surface area contributed by atoms with Crippen LogP contribution in [0.4, 0.5) is 17.2 Å². The van der Waals surface area contributed by atoms with Gasteiger partial charge >= 0.3 is 0 Å². The van der Waals surface area contributed by atoms with E-state index >= 15 is 0 Å². The van der Waals surface area contributed by atoms with Crippen LogP contribution in [-0.2, 0) is 16.0 Å². The van der Waals surface area contributed by atoms with Crippen LogP contribution in [0, 0.1) is 10.1 Å². The Balaban J connectivity index is 1.62. The molecule has 1 unspecified atom stereocenters. The standard InChI is InChI=1S/C21H18ClN5O4/c1-2-14-19(12-6-5-7-13(22)10-12)20-24-21(29)17(26(20)25-14)11-18(28)23-15-8-3-4-9-16(15)27(30)31/h3-10,17H,2,11H2,1H3,(H,23,28)(H,24,29). The number of carbonyl (C=O) groups is 2. The van der Waals surface area contributed by atoms with Crippen LogP contribution in [0.2, 0.25) is 5.02 Å². The second-order valence-corrected chi connectivity index (χ2v) is 7.45. The summed E-state index contributed by atoms with van der Waals surface area (Å²) in [6, 6.07) is 12.2. The zero-order valence-electron chi connectivity index (χ0n) is 16.5. The molecule has 1 aliphatic rings. The van der Waals surface area contributed by atoms with Crippen molar-refractivity contribution in [3.05, 3.63) is 69.4 Å². The molecule has 1 atom stereocenters. The number of aryl methyl sites for hydroxylation is 1. The maximum Gasteiger partial charge on any atom is 0.292 e. The predicted molar refractivity (Wildman–Crippen MR) is 116 cm³/mol. The highest BCUT2D eigenvalue weighted by Crippen LogP contribution is 2.39. The summed E-state index contributed by atoms with van der Waals surface area (Å²) in [7, 11) is 0. The Hall–Kier alpha value is -3.72. The number of amides is 2. The van der Waals surface area contributed by atoms with Gasteiger partial charge in [0.05, 0.1) is 17.0 Å². The summed E-state index contributed by atoms with van der Waals surface area (Å²) >= 11 is 6.13. The van der Waals surface area contributed by atoms with Crippen molar-refractivity contribution < 1.29 is 14.5 Å². The molecule has 2 heterocycles. The topological polar surface area (TPSA) is 119 Å². The first-order valence-corrected chi connectivity index (χ1v) is 9.98. The Morgan fingerprint density at radius 3 is 2.77 bits per heavy atom. The summed E-state index contributed by atoms with van der Waals surface area (Å²) in [6.45, 7) is 1.95. The second kappa shape index (κ2) is 8.19. The molecular formula is C21H18ClN5O4. The maximum atomic E-state index is 12.6. The van der Waals surface area contributed by atoms with Gasteiger partial charge in [0.1, 0.15) is 17.5 Å². The van der Waals surface area contributed by atoms with Crippen LogP contribution < -0.4 is 10.6 Å². The third kappa shape index (κ3) is 3.87. The predicted octanol–water partition coefficient (Wildman–Crippen LogP) is 4.20. The van der Waals surface area contributed by atoms with E-state index in [2.05, 4.69) is 15.7 Å². The molecule has 9 nitrogen and oxygen atoms in total. The van der Waals surface area contributed by atoms with Gasteiger partial charge in [0.25, 0.3) is 11.6 Å². The van der Waals surface area contributed by atoms with Gasteiger partial charge in [-0.1, -0.05) is 42.8 Å². The van der Waals surface area contributed by atoms with Gasteiger partial charge in [-0.05, 0) is 30.2 Å².